The Balaban J connectivity index is 2.25. The van der Waals surface area contributed by atoms with E-state index in [9.17, 15) is 0 Å². The van der Waals surface area contributed by atoms with E-state index in [4.69, 9.17) is 5.73 Å². The maximum Gasteiger partial charge on any atom is 0.0206 e. The monoisotopic (exact) mass is 164 g/mol. The van der Waals surface area contributed by atoms with Gasteiger partial charge in [-0.15, -0.1) is 0 Å². The summed E-state index contributed by atoms with van der Waals surface area (Å²) in [4.78, 5) is 0. The predicted molar refractivity (Wildman–Crippen MR) is 51.8 cm³/mol. The molecule has 0 aliphatic rings. The number of rotatable bonds is 4. The second-order valence-corrected chi connectivity index (χ2v) is 3.09. The third kappa shape index (κ3) is 3.51. The van der Waals surface area contributed by atoms with Crippen LogP contribution in [-0.2, 0) is 6.54 Å². The van der Waals surface area contributed by atoms with Crippen molar-refractivity contribution < 1.29 is 0 Å². The SMILES string of the molecule is C[C@@H](N)CNCc1ccccc1. The van der Waals surface area contributed by atoms with Crippen LogP contribution in [0.5, 0.6) is 0 Å². The van der Waals surface area contributed by atoms with E-state index in [0.29, 0.717) is 0 Å². The van der Waals surface area contributed by atoms with Crippen molar-refractivity contribution >= 4 is 0 Å². The molecule has 1 rings (SSSR count). The molecular formula is C10H16N2. The molecule has 1 aromatic carbocycles. The molecule has 0 radical (unpaired) electrons. The molecule has 3 N–H and O–H groups in total. The van der Waals surface area contributed by atoms with Crippen LogP contribution in [0.15, 0.2) is 30.3 Å². The zero-order valence-corrected chi connectivity index (χ0v) is 7.46. The average Bonchev–Trinajstić information content (AvgIpc) is 2.05. The van der Waals surface area contributed by atoms with Crippen LogP contribution in [0.1, 0.15) is 12.5 Å². The third-order valence-electron chi connectivity index (χ3n) is 1.64. The Morgan fingerprint density at radius 3 is 2.58 bits per heavy atom. The first-order valence-corrected chi connectivity index (χ1v) is 4.29. The average molecular weight is 164 g/mol. The minimum absolute atomic E-state index is 0.230. The minimum atomic E-state index is 0.230. The fraction of sp³-hybridized carbons (Fsp3) is 0.400. The topological polar surface area (TPSA) is 38.0 Å². The quantitative estimate of drug-likeness (QED) is 0.700. The Bertz CT molecular complexity index is 206. The van der Waals surface area contributed by atoms with E-state index in [1.165, 1.54) is 5.56 Å². The fourth-order valence-corrected chi connectivity index (χ4v) is 1.04. The third-order valence-corrected chi connectivity index (χ3v) is 1.64. The first-order valence-electron chi connectivity index (χ1n) is 4.29. The molecule has 0 spiro atoms. The molecule has 12 heavy (non-hydrogen) atoms. The van der Waals surface area contributed by atoms with Crippen molar-refractivity contribution in [3.63, 3.8) is 0 Å². The van der Waals surface area contributed by atoms with E-state index >= 15 is 0 Å². The summed E-state index contributed by atoms with van der Waals surface area (Å²) >= 11 is 0. The van der Waals surface area contributed by atoms with E-state index < -0.39 is 0 Å². The molecule has 1 atom stereocenters. The highest BCUT2D eigenvalue weighted by Gasteiger charge is 1.93. The highest BCUT2D eigenvalue weighted by molar-refractivity contribution is 5.14. The Hall–Kier alpha value is -0.860. The van der Waals surface area contributed by atoms with Crippen LogP contribution in [0.25, 0.3) is 0 Å². The van der Waals surface area contributed by atoms with Crippen LogP contribution in [0.4, 0.5) is 0 Å². The van der Waals surface area contributed by atoms with Gasteiger partial charge in [-0.05, 0) is 12.5 Å². The van der Waals surface area contributed by atoms with Crippen LogP contribution in [0, 0.1) is 0 Å². The Kier molecular flexibility index (Phi) is 3.77. The van der Waals surface area contributed by atoms with Gasteiger partial charge in [-0.1, -0.05) is 30.3 Å². The molecule has 0 aromatic heterocycles. The van der Waals surface area contributed by atoms with E-state index in [1.54, 1.807) is 0 Å². The largest absolute Gasteiger partial charge is 0.327 e. The van der Waals surface area contributed by atoms with Crippen molar-refractivity contribution in [1.82, 2.24) is 5.32 Å². The Morgan fingerprint density at radius 1 is 1.33 bits per heavy atom. The van der Waals surface area contributed by atoms with Crippen LogP contribution in [0.2, 0.25) is 0 Å². The molecule has 0 saturated carbocycles. The van der Waals surface area contributed by atoms with Crippen molar-refractivity contribution in [1.29, 1.82) is 0 Å². The maximum absolute atomic E-state index is 5.59. The standard InChI is InChI=1S/C10H16N2/c1-9(11)7-12-8-10-5-3-2-4-6-10/h2-6,9,12H,7-8,11H2,1H3/t9-/m1/s1. The van der Waals surface area contributed by atoms with Gasteiger partial charge in [0.15, 0.2) is 0 Å². The van der Waals surface area contributed by atoms with Gasteiger partial charge in [-0.25, -0.2) is 0 Å². The van der Waals surface area contributed by atoms with E-state index in [2.05, 4.69) is 17.4 Å². The van der Waals surface area contributed by atoms with Crippen molar-refractivity contribution in [2.75, 3.05) is 6.54 Å². The Labute approximate surface area is 73.8 Å². The van der Waals surface area contributed by atoms with Crippen molar-refractivity contribution in [3.05, 3.63) is 35.9 Å². The van der Waals surface area contributed by atoms with Gasteiger partial charge in [0, 0.05) is 19.1 Å². The van der Waals surface area contributed by atoms with Gasteiger partial charge in [-0.3, -0.25) is 0 Å². The summed E-state index contributed by atoms with van der Waals surface area (Å²) in [6.07, 6.45) is 0. The van der Waals surface area contributed by atoms with E-state index in [1.807, 2.05) is 25.1 Å². The second-order valence-electron chi connectivity index (χ2n) is 3.09. The molecule has 0 fully saturated rings. The van der Waals surface area contributed by atoms with Gasteiger partial charge in [0.1, 0.15) is 0 Å². The lowest BCUT2D eigenvalue weighted by Gasteiger charge is -2.06. The van der Waals surface area contributed by atoms with Gasteiger partial charge in [-0.2, -0.15) is 0 Å². The predicted octanol–water partition coefficient (Wildman–Crippen LogP) is 1.12. The molecule has 0 aliphatic heterocycles. The van der Waals surface area contributed by atoms with Crippen molar-refractivity contribution in [2.45, 2.75) is 19.5 Å². The molecule has 0 bridgehead atoms. The molecule has 0 amide bonds. The molecule has 1 aromatic rings. The summed E-state index contributed by atoms with van der Waals surface area (Å²) in [5.41, 5.74) is 6.90. The highest BCUT2D eigenvalue weighted by atomic mass is 14.9. The lowest BCUT2D eigenvalue weighted by Crippen LogP contribution is -2.30. The molecule has 2 heteroatoms. The van der Waals surface area contributed by atoms with Crippen LogP contribution in [-0.4, -0.2) is 12.6 Å². The van der Waals surface area contributed by atoms with Crippen LogP contribution in [0.3, 0.4) is 0 Å². The minimum Gasteiger partial charge on any atom is -0.327 e. The fourth-order valence-electron chi connectivity index (χ4n) is 1.04. The number of hydrogen-bond acceptors (Lipinski definition) is 2. The van der Waals surface area contributed by atoms with Gasteiger partial charge in [0.2, 0.25) is 0 Å². The van der Waals surface area contributed by atoms with Crippen LogP contribution < -0.4 is 11.1 Å². The molecule has 66 valence electrons. The molecule has 0 unspecified atom stereocenters. The van der Waals surface area contributed by atoms with Crippen LogP contribution >= 0.6 is 0 Å². The molecule has 0 aliphatic carbocycles. The summed E-state index contributed by atoms with van der Waals surface area (Å²) in [6.45, 7) is 3.77. The normalized spacial score (nSPS) is 12.8. The van der Waals surface area contributed by atoms with Crippen molar-refractivity contribution in [2.24, 2.45) is 5.73 Å². The zero-order chi connectivity index (χ0) is 8.81. The van der Waals surface area contributed by atoms with Gasteiger partial charge < -0.3 is 11.1 Å². The number of nitrogens with two attached hydrogens (primary N) is 1. The smallest absolute Gasteiger partial charge is 0.0206 e. The highest BCUT2D eigenvalue weighted by Crippen LogP contribution is 1.96. The zero-order valence-electron chi connectivity index (χ0n) is 7.46. The van der Waals surface area contributed by atoms with E-state index in [-0.39, 0.29) is 6.04 Å². The van der Waals surface area contributed by atoms with Gasteiger partial charge in [0.25, 0.3) is 0 Å². The molecule has 2 nitrogen and oxygen atoms in total. The summed E-state index contributed by atoms with van der Waals surface area (Å²) in [7, 11) is 0. The lowest BCUT2D eigenvalue weighted by atomic mass is 10.2. The summed E-state index contributed by atoms with van der Waals surface area (Å²) in [5, 5.41) is 3.28. The summed E-state index contributed by atoms with van der Waals surface area (Å²) in [6, 6.07) is 10.6. The maximum atomic E-state index is 5.59. The molecular weight excluding hydrogens is 148 g/mol. The van der Waals surface area contributed by atoms with Crippen molar-refractivity contribution in [3.8, 4) is 0 Å². The first-order chi connectivity index (χ1) is 5.79. The Morgan fingerprint density at radius 2 is 2.00 bits per heavy atom. The first kappa shape index (κ1) is 9.23. The summed E-state index contributed by atoms with van der Waals surface area (Å²) < 4.78 is 0. The van der Waals surface area contributed by atoms with Gasteiger partial charge >= 0.3 is 0 Å². The summed E-state index contributed by atoms with van der Waals surface area (Å²) in [5.74, 6) is 0. The lowest BCUT2D eigenvalue weighted by molar-refractivity contribution is 0.608. The second kappa shape index (κ2) is 4.91. The van der Waals surface area contributed by atoms with Gasteiger partial charge in [0.05, 0.1) is 0 Å². The van der Waals surface area contributed by atoms with E-state index in [0.717, 1.165) is 13.1 Å². The molecule has 0 heterocycles. The number of nitrogens with one attached hydrogen (secondary N) is 1. The molecule has 0 saturated heterocycles. The number of hydrogen-bond donors (Lipinski definition) is 2. The number of benzene rings is 1.